The predicted molar refractivity (Wildman–Crippen MR) is 122 cm³/mol. The summed E-state index contributed by atoms with van der Waals surface area (Å²) in [4.78, 5) is 26.1. The number of piperidine rings is 1. The molecule has 2 saturated heterocycles. The van der Waals surface area contributed by atoms with E-state index in [1.165, 1.54) is 38.8 Å². The van der Waals surface area contributed by atoms with E-state index in [1.54, 1.807) is 41.3 Å². The Kier molecular flexibility index (Phi) is 8.44. The quantitative estimate of drug-likeness (QED) is 0.583. The summed E-state index contributed by atoms with van der Waals surface area (Å²) in [7, 11) is 0. The number of amides is 2. The molecular weight excluding hydrogens is 444 g/mol. The van der Waals surface area contributed by atoms with Crippen LogP contribution in [0.1, 0.15) is 37.7 Å². The Morgan fingerprint density at radius 3 is 2.38 bits per heavy atom. The number of likely N-dealkylation sites (tertiary alicyclic amines) is 2. The molecule has 1 aromatic carbocycles. The van der Waals surface area contributed by atoms with Crippen LogP contribution in [0.3, 0.4) is 0 Å². The molecule has 34 heavy (non-hydrogen) atoms. The van der Waals surface area contributed by atoms with Crippen molar-refractivity contribution in [3.8, 4) is 6.07 Å². The van der Waals surface area contributed by atoms with Gasteiger partial charge in [-0.05, 0) is 44.3 Å². The van der Waals surface area contributed by atoms with Gasteiger partial charge < -0.3 is 26.0 Å². The number of nitriles is 1. The Balaban J connectivity index is 0.000000195. The van der Waals surface area contributed by atoms with Gasteiger partial charge in [0.1, 0.15) is 6.54 Å². The average Bonchev–Trinajstić information content (AvgIpc) is 3.61. The molecule has 4 rings (SSSR count). The van der Waals surface area contributed by atoms with Gasteiger partial charge in [0.15, 0.2) is 0 Å². The van der Waals surface area contributed by atoms with Gasteiger partial charge in [-0.2, -0.15) is 5.26 Å². The summed E-state index contributed by atoms with van der Waals surface area (Å²) in [5, 5.41) is 19.2. The van der Waals surface area contributed by atoms with Gasteiger partial charge in [0.25, 0.3) is 5.92 Å². The highest BCUT2D eigenvalue weighted by Gasteiger charge is 2.48. The Morgan fingerprint density at radius 1 is 1.24 bits per heavy atom. The molecule has 1 atom stereocenters. The van der Waals surface area contributed by atoms with E-state index in [0.29, 0.717) is 11.0 Å². The van der Waals surface area contributed by atoms with E-state index in [1.807, 2.05) is 0 Å². The fraction of sp³-hybridized carbons (Fsp3) is 0.625. The summed E-state index contributed by atoms with van der Waals surface area (Å²) in [6, 6.07) is 9.13. The van der Waals surface area contributed by atoms with Crippen LogP contribution in [-0.4, -0.2) is 77.6 Å². The molecule has 0 unspecified atom stereocenters. The summed E-state index contributed by atoms with van der Waals surface area (Å²) < 4.78 is 27.4. The van der Waals surface area contributed by atoms with Gasteiger partial charge in [0.2, 0.25) is 5.91 Å². The number of hydrogen-bond acceptors (Lipinski definition) is 4. The number of nitrogens with one attached hydrogen (secondary N) is 2. The van der Waals surface area contributed by atoms with Crippen molar-refractivity contribution in [2.75, 3.05) is 32.7 Å². The Bertz CT molecular complexity index is 872. The lowest BCUT2D eigenvalue weighted by Crippen LogP contribution is -2.61. The van der Waals surface area contributed by atoms with Crippen LogP contribution in [0.2, 0.25) is 0 Å². The Morgan fingerprint density at radius 2 is 1.85 bits per heavy atom. The van der Waals surface area contributed by atoms with Crippen LogP contribution >= 0.6 is 0 Å². The number of rotatable bonds is 7. The molecule has 1 aliphatic carbocycles. The summed E-state index contributed by atoms with van der Waals surface area (Å²) in [5.74, 6) is -3.98. The van der Waals surface area contributed by atoms with Crippen molar-refractivity contribution in [2.24, 2.45) is 5.41 Å². The Labute approximate surface area is 198 Å². The molecule has 2 aliphatic heterocycles. The third-order valence-corrected chi connectivity index (χ3v) is 6.71. The molecule has 1 saturated carbocycles. The van der Waals surface area contributed by atoms with E-state index in [-0.39, 0.29) is 6.54 Å². The first-order valence-corrected chi connectivity index (χ1v) is 11.6. The van der Waals surface area contributed by atoms with Gasteiger partial charge in [-0.1, -0.05) is 36.4 Å². The van der Waals surface area contributed by atoms with Crippen molar-refractivity contribution in [1.82, 2.24) is 15.1 Å². The molecule has 1 aromatic rings. The van der Waals surface area contributed by atoms with Gasteiger partial charge in [-0.15, -0.1) is 0 Å². The fourth-order valence-electron chi connectivity index (χ4n) is 4.63. The normalized spacial score (nSPS) is 20.4. The topological polar surface area (TPSA) is 120 Å². The van der Waals surface area contributed by atoms with Gasteiger partial charge in [-0.25, -0.2) is 13.6 Å². The number of carbonyl (C=O) groups is 2. The van der Waals surface area contributed by atoms with E-state index in [0.717, 1.165) is 19.1 Å². The second-order valence-electron chi connectivity index (χ2n) is 9.56. The minimum absolute atomic E-state index is 0.279. The molecule has 2 heterocycles. The predicted octanol–water partition coefficient (Wildman–Crippen LogP) is 3.54. The first kappa shape index (κ1) is 25.8. The highest BCUT2D eigenvalue weighted by Crippen LogP contribution is 2.42. The number of alkyl halides is 2. The molecule has 186 valence electrons. The fourth-order valence-corrected chi connectivity index (χ4v) is 4.63. The first-order chi connectivity index (χ1) is 16.1. The minimum Gasteiger partial charge on any atom is -0.667 e. The highest BCUT2D eigenvalue weighted by molar-refractivity contribution is 5.83. The number of nitrogens with zero attached hydrogens (tertiary/aromatic N) is 3. The summed E-state index contributed by atoms with van der Waals surface area (Å²) >= 11 is 0. The molecular formula is C24H32F2N5O3-. The smallest absolute Gasteiger partial charge is 0.407 e. The van der Waals surface area contributed by atoms with Crippen LogP contribution in [0.15, 0.2) is 30.3 Å². The number of carboxylic acid groups (broad SMARTS) is 1. The molecule has 8 nitrogen and oxygen atoms in total. The van der Waals surface area contributed by atoms with Crippen LogP contribution in [-0.2, 0) is 11.2 Å². The van der Waals surface area contributed by atoms with Crippen molar-refractivity contribution in [1.29, 1.82) is 5.26 Å². The number of halogens is 2. The maximum Gasteiger partial charge on any atom is 0.407 e. The van der Waals surface area contributed by atoms with E-state index < -0.39 is 36.8 Å². The number of benzene rings is 1. The largest absolute Gasteiger partial charge is 0.667 e. The van der Waals surface area contributed by atoms with Crippen molar-refractivity contribution >= 4 is 12.0 Å². The second-order valence-corrected chi connectivity index (χ2v) is 9.56. The van der Waals surface area contributed by atoms with Crippen LogP contribution in [0.5, 0.6) is 0 Å². The van der Waals surface area contributed by atoms with Gasteiger partial charge >= 0.3 is 6.09 Å². The SMILES string of the molecule is N#CCNC(=O)[C@@H]([NH-])CC(F)(F)Cc1ccccc1.O=C(O)N1CC2(CCN(C3CC3)CC2)C1. The zero-order chi connectivity index (χ0) is 24.8. The van der Waals surface area contributed by atoms with Crippen molar-refractivity contribution in [2.45, 2.75) is 56.5 Å². The van der Waals surface area contributed by atoms with E-state index >= 15 is 0 Å². The lowest BCUT2D eigenvalue weighted by atomic mass is 9.72. The van der Waals surface area contributed by atoms with Crippen molar-refractivity contribution < 1.29 is 23.5 Å². The van der Waals surface area contributed by atoms with Crippen molar-refractivity contribution in [3.05, 3.63) is 41.6 Å². The minimum atomic E-state index is -3.13. The first-order valence-electron chi connectivity index (χ1n) is 11.6. The summed E-state index contributed by atoms with van der Waals surface area (Å²) in [5.41, 5.74) is 8.18. The Hall–Kier alpha value is -2.77. The van der Waals surface area contributed by atoms with Gasteiger partial charge in [0, 0.05) is 37.4 Å². The molecule has 2 amide bonds. The molecule has 3 aliphatic rings. The number of carbonyl (C=O) groups excluding carboxylic acids is 1. The van der Waals surface area contributed by atoms with Crippen LogP contribution in [0, 0.1) is 16.7 Å². The van der Waals surface area contributed by atoms with E-state index in [9.17, 15) is 18.4 Å². The van der Waals surface area contributed by atoms with Crippen LogP contribution in [0.4, 0.5) is 13.6 Å². The molecule has 0 radical (unpaired) electrons. The summed E-state index contributed by atoms with van der Waals surface area (Å²) in [6.07, 6.45) is 3.06. The third-order valence-electron chi connectivity index (χ3n) is 6.71. The maximum atomic E-state index is 13.7. The van der Waals surface area contributed by atoms with Crippen molar-refractivity contribution in [3.63, 3.8) is 0 Å². The molecule has 3 N–H and O–H groups in total. The highest BCUT2D eigenvalue weighted by atomic mass is 19.3. The second kappa shape index (κ2) is 11.1. The average molecular weight is 477 g/mol. The molecule has 3 fully saturated rings. The zero-order valence-electron chi connectivity index (χ0n) is 19.2. The monoisotopic (exact) mass is 476 g/mol. The number of hydrogen-bond donors (Lipinski definition) is 2. The standard InChI is InChI=1S/C13H14F2N3O.C11H18N2O2/c14-13(15,8-10-4-2-1-3-5-10)9-11(17)12(19)18-7-6-16;14-10(15)13-7-11(8-13)3-5-12(6-4-11)9-1-2-9/h1-5,11,17H,7-9H2,(H,18,19);9H,1-8H2,(H,14,15)/q-1;/t11-;/m0./s1. The van der Waals surface area contributed by atoms with E-state index in [2.05, 4.69) is 10.2 Å². The lowest BCUT2D eigenvalue weighted by molar-refractivity contribution is -0.123. The van der Waals surface area contributed by atoms with Crippen LogP contribution < -0.4 is 5.32 Å². The molecule has 0 bridgehead atoms. The third kappa shape index (κ3) is 7.37. The lowest BCUT2D eigenvalue weighted by Gasteiger charge is -2.53. The zero-order valence-corrected chi connectivity index (χ0v) is 19.2. The van der Waals surface area contributed by atoms with Gasteiger partial charge in [-0.3, -0.25) is 4.79 Å². The van der Waals surface area contributed by atoms with E-state index in [4.69, 9.17) is 16.1 Å². The maximum absolute atomic E-state index is 13.7. The molecule has 0 aromatic heterocycles. The van der Waals surface area contributed by atoms with Crippen LogP contribution in [0.25, 0.3) is 5.73 Å². The molecule has 10 heteroatoms. The molecule has 1 spiro atoms. The summed E-state index contributed by atoms with van der Waals surface area (Å²) in [6.45, 7) is 3.66. The van der Waals surface area contributed by atoms with Gasteiger partial charge in [0.05, 0.1) is 6.07 Å².